The van der Waals surface area contributed by atoms with Crippen molar-refractivity contribution < 1.29 is 0 Å². The van der Waals surface area contributed by atoms with Crippen LogP contribution in [0.25, 0.3) is 10.9 Å². The molecule has 0 aliphatic heterocycles. The van der Waals surface area contributed by atoms with Gasteiger partial charge in [0, 0.05) is 23.4 Å². The number of rotatable bonds is 3. The molecule has 4 rings (SSSR count). The Morgan fingerprint density at radius 2 is 1.85 bits per heavy atom. The van der Waals surface area contributed by atoms with Crippen LogP contribution in [0.1, 0.15) is 58.7 Å². The van der Waals surface area contributed by atoms with Crippen LogP contribution in [0, 0.1) is 5.92 Å². The third kappa shape index (κ3) is 3.08. The second-order valence-electron chi connectivity index (χ2n) is 9.59. The van der Waals surface area contributed by atoms with Crippen molar-refractivity contribution in [1.82, 2.24) is 14.3 Å². The molecule has 1 aliphatic rings. The Morgan fingerprint density at radius 1 is 1.08 bits per heavy atom. The SMILES string of the molecule is CC(C)(C)n1cc2c(n1)CCC(CC(C)(C)n1ccc3ccccc31)C2. The van der Waals surface area contributed by atoms with Crippen LogP contribution in [0.5, 0.6) is 0 Å². The van der Waals surface area contributed by atoms with Gasteiger partial charge in [-0.25, -0.2) is 0 Å². The summed E-state index contributed by atoms with van der Waals surface area (Å²) in [6.45, 7) is 11.4. The molecule has 0 saturated carbocycles. The first kappa shape index (κ1) is 17.4. The van der Waals surface area contributed by atoms with Gasteiger partial charge < -0.3 is 4.57 Å². The maximum absolute atomic E-state index is 4.86. The molecule has 0 fully saturated rings. The number of aromatic nitrogens is 3. The third-order valence-electron chi connectivity index (χ3n) is 5.90. The molecule has 138 valence electrons. The van der Waals surface area contributed by atoms with Crippen LogP contribution in [0.4, 0.5) is 0 Å². The molecule has 2 heterocycles. The van der Waals surface area contributed by atoms with Gasteiger partial charge in [0.1, 0.15) is 0 Å². The van der Waals surface area contributed by atoms with Gasteiger partial charge in [-0.15, -0.1) is 0 Å². The highest BCUT2D eigenvalue weighted by atomic mass is 15.3. The van der Waals surface area contributed by atoms with Gasteiger partial charge in [0.15, 0.2) is 0 Å². The lowest BCUT2D eigenvalue weighted by molar-refractivity contribution is 0.255. The summed E-state index contributed by atoms with van der Waals surface area (Å²) in [6, 6.07) is 10.9. The lowest BCUT2D eigenvalue weighted by Gasteiger charge is -2.34. The van der Waals surface area contributed by atoms with E-state index in [4.69, 9.17) is 5.10 Å². The Hall–Kier alpha value is -2.03. The number of hydrogen-bond donors (Lipinski definition) is 0. The van der Waals surface area contributed by atoms with Gasteiger partial charge in [-0.2, -0.15) is 5.10 Å². The normalized spacial score (nSPS) is 18.3. The van der Waals surface area contributed by atoms with Crippen LogP contribution < -0.4 is 0 Å². The summed E-state index contributed by atoms with van der Waals surface area (Å²) in [6.07, 6.45) is 9.28. The van der Waals surface area contributed by atoms with E-state index < -0.39 is 0 Å². The first-order valence-corrected chi connectivity index (χ1v) is 9.88. The average Bonchev–Trinajstić information content (AvgIpc) is 3.18. The molecule has 3 nitrogen and oxygen atoms in total. The predicted octanol–water partition coefficient (Wildman–Crippen LogP) is 5.52. The molecule has 1 atom stereocenters. The fourth-order valence-electron chi connectivity index (χ4n) is 4.51. The minimum absolute atomic E-state index is 0.0656. The standard InChI is InChI=1S/C23H31N3/c1-22(2,3)26-16-19-14-17(10-11-20(19)24-26)15-23(4,5)25-13-12-18-8-6-7-9-21(18)25/h6-9,12-13,16-17H,10-11,14-15H2,1-5H3. The molecule has 26 heavy (non-hydrogen) atoms. The lowest BCUT2D eigenvalue weighted by atomic mass is 9.80. The molecule has 0 spiro atoms. The van der Waals surface area contributed by atoms with Crippen molar-refractivity contribution in [2.75, 3.05) is 0 Å². The van der Waals surface area contributed by atoms with Gasteiger partial charge in [0.05, 0.1) is 11.2 Å². The van der Waals surface area contributed by atoms with Crippen molar-refractivity contribution in [2.45, 2.75) is 71.4 Å². The number of nitrogens with zero attached hydrogens (tertiary/aromatic N) is 3. The zero-order chi connectivity index (χ0) is 18.5. The third-order valence-corrected chi connectivity index (χ3v) is 5.90. The molecule has 0 amide bonds. The van der Waals surface area contributed by atoms with E-state index in [1.807, 2.05) is 0 Å². The van der Waals surface area contributed by atoms with Crippen LogP contribution in [0.2, 0.25) is 0 Å². The van der Waals surface area contributed by atoms with Gasteiger partial charge in [0.2, 0.25) is 0 Å². The summed E-state index contributed by atoms with van der Waals surface area (Å²) >= 11 is 0. The van der Waals surface area contributed by atoms with Gasteiger partial charge in [-0.1, -0.05) is 18.2 Å². The van der Waals surface area contributed by atoms with Gasteiger partial charge in [-0.05, 0) is 89.3 Å². The van der Waals surface area contributed by atoms with Gasteiger partial charge in [0.25, 0.3) is 0 Å². The molecule has 2 aromatic heterocycles. The van der Waals surface area contributed by atoms with E-state index in [2.05, 4.69) is 86.6 Å². The lowest BCUT2D eigenvalue weighted by Crippen LogP contribution is -2.30. The zero-order valence-corrected chi connectivity index (χ0v) is 16.8. The highest BCUT2D eigenvalue weighted by Gasteiger charge is 2.30. The molecule has 3 aromatic rings. The average molecular weight is 350 g/mol. The first-order valence-electron chi connectivity index (χ1n) is 9.88. The molecular weight excluding hydrogens is 318 g/mol. The molecule has 1 aliphatic carbocycles. The van der Waals surface area contributed by atoms with Crippen molar-refractivity contribution in [3.05, 3.63) is 54.0 Å². The minimum atomic E-state index is 0.0656. The minimum Gasteiger partial charge on any atom is -0.342 e. The van der Waals surface area contributed by atoms with Crippen molar-refractivity contribution in [1.29, 1.82) is 0 Å². The molecule has 1 aromatic carbocycles. The Bertz CT molecular complexity index is 920. The second-order valence-corrected chi connectivity index (χ2v) is 9.59. The van der Waals surface area contributed by atoms with Crippen LogP contribution >= 0.6 is 0 Å². The fraction of sp³-hybridized carbons (Fsp3) is 0.522. The summed E-state index contributed by atoms with van der Waals surface area (Å²) < 4.78 is 4.63. The second kappa shape index (κ2) is 6.00. The molecule has 0 bridgehead atoms. The summed E-state index contributed by atoms with van der Waals surface area (Å²) in [5, 5.41) is 6.19. The summed E-state index contributed by atoms with van der Waals surface area (Å²) in [5.74, 6) is 0.719. The van der Waals surface area contributed by atoms with Crippen molar-refractivity contribution in [2.24, 2.45) is 5.92 Å². The molecule has 0 N–H and O–H groups in total. The highest BCUT2D eigenvalue weighted by Crippen LogP contribution is 2.36. The van der Waals surface area contributed by atoms with E-state index in [0.29, 0.717) is 0 Å². The van der Waals surface area contributed by atoms with Gasteiger partial charge >= 0.3 is 0 Å². The summed E-state index contributed by atoms with van der Waals surface area (Å²) in [5.41, 5.74) is 4.31. The molecule has 1 unspecified atom stereocenters. The molecule has 3 heteroatoms. The van der Waals surface area contributed by atoms with E-state index in [0.717, 1.165) is 18.8 Å². The van der Waals surface area contributed by atoms with Crippen LogP contribution in [0.3, 0.4) is 0 Å². The van der Waals surface area contributed by atoms with Crippen molar-refractivity contribution in [3.63, 3.8) is 0 Å². The summed E-state index contributed by atoms with van der Waals surface area (Å²) in [4.78, 5) is 0. The number of benzene rings is 1. The Balaban J connectivity index is 1.55. The molecular formula is C23H31N3. The Morgan fingerprint density at radius 3 is 2.62 bits per heavy atom. The maximum atomic E-state index is 4.86. The van der Waals surface area contributed by atoms with Crippen LogP contribution in [0.15, 0.2) is 42.7 Å². The predicted molar refractivity (Wildman–Crippen MR) is 109 cm³/mol. The monoisotopic (exact) mass is 349 g/mol. The number of para-hydroxylation sites is 1. The summed E-state index contributed by atoms with van der Waals surface area (Å²) in [7, 11) is 0. The quantitative estimate of drug-likeness (QED) is 0.610. The van der Waals surface area contributed by atoms with E-state index >= 15 is 0 Å². The molecule has 0 saturated heterocycles. The zero-order valence-electron chi connectivity index (χ0n) is 16.8. The topological polar surface area (TPSA) is 22.8 Å². The Labute approximate surface area is 157 Å². The van der Waals surface area contributed by atoms with Crippen molar-refractivity contribution >= 4 is 10.9 Å². The van der Waals surface area contributed by atoms with Crippen molar-refractivity contribution in [3.8, 4) is 0 Å². The smallest absolute Gasteiger partial charge is 0.0657 e. The van der Waals surface area contributed by atoms with E-state index in [1.54, 1.807) is 0 Å². The largest absolute Gasteiger partial charge is 0.342 e. The number of hydrogen-bond acceptors (Lipinski definition) is 1. The van der Waals surface area contributed by atoms with Gasteiger partial charge in [-0.3, -0.25) is 4.68 Å². The maximum Gasteiger partial charge on any atom is 0.0657 e. The number of fused-ring (bicyclic) bond motifs is 2. The highest BCUT2D eigenvalue weighted by molar-refractivity contribution is 5.80. The van der Waals surface area contributed by atoms with Crippen LogP contribution in [-0.4, -0.2) is 14.3 Å². The first-order chi connectivity index (χ1) is 12.2. The van der Waals surface area contributed by atoms with Crippen LogP contribution in [-0.2, 0) is 23.9 Å². The van der Waals surface area contributed by atoms with E-state index in [-0.39, 0.29) is 11.1 Å². The van der Waals surface area contributed by atoms with E-state index in [9.17, 15) is 0 Å². The fourth-order valence-corrected chi connectivity index (χ4v) is 4.51. The number of aryl methyl sites for hydroxylation is 1. The van der Waals surface area contributed by atoms with E-state index in [1.165, 1.54) is 35.0 Å². The molecule has 0 radical (unpaired) electrons. The Kier molecular flexibility index (Phi) is 4.02.